The van der Waals surface area contributed by atoms with Gasteiger partial charge in [-0.3, -0.25) is 4.79 Å². The zero-order valence-corrected chi connectivity index (χ0v) is 16.3. The van der Waals surface area contributed by atoms with Gasteiger partial charge in [0, 0.05) is 12.5 Å². The molecule has 0 aliphatic rings. The summed E-state index contributed by atoms with van der Waals surface area (Å²) in [7, 11) is 0. The molecule has 0 aliphatic heterocycles. The molecular formula is C18H19ClMgO3. The van der Waals surface area contributed by atoms with Crippen LogP contribution in [0, 0.1) is 27.7 Å². The Morgan fingerprint density at radius 3 is 1.91 bits per heavy atom. The first-order valence-corrected chi connectivity index (χ1v) is 6.89. The van der Waals surface area contributed by atoms with Gasteiger partial charge in [-0.15, -0.1) is 5.75 Å². The van der Waals surface area contributed by atoms with Crippen molar-refractivity contribution in [2.45, 2.75) is 34.6 Å². The Hall–Kier alpha value is -1.23. The number of ether oxygens (including phenoxy) is 1. The number of carbonyl (C=O) groups excluding carboxylic acids is 1. The quantitative estimate of drug-likeness (QED) is 0.445. The van der Waals surface area contributed by atoms with Crippen LogP contribution in [0.25, 0.3) is 11.1 Å². The smallest absolute Gasteiger partial charge is 1.00 e. The molecule has 118 valence electrons. The first-order chi connectivity index (χ1) is 9.82. The third-order valence-corrected chi connectivity index (χ3v) is 3.90. The standard InChI is InChI=1S/C18H20O3.ClH.Mg/c1-10-6-8-15(20)17(12(10)3)18-13(4)11(2)7-9-16(18)21-14(5)19;;/h6-9,20H,1-5H3;1H;/q;;+2/p-2. The molecule has 5 heteroatoms. The maximum Gasteiger partial charge on any atom is 2.00 e. The molecule has 0 N–H and O–H groups in total. The summed E-state index contributed by atoms with van der Waals surface area (Å²) in [6.45, 7) is 9.17. The molecule has 0 fully saturated rings. The van der Waals surface area contributed by atoms with Crippen LogP contribution in [0.5, 0.6) is 11.5 Å². The van der Waals surface area contributed by atoms with Crippen LogP contribution in [0.3, 0.4) is 0 Å². The van der Waals surface area contributed by atoms with Crippen LogP contribution >= 0.6 is 0 Å². The predicted molar refractivity (Wildman–Crippen MR) is 87.3 cm³/mol. The van der Waals surface area contributed by atoms with Crippen LogP contribution in [-0.4, -0.2) is 29.0 Å². The summed E-state index contributed by atoms with van der Waals surface area (Å²) in [5.74, 6) is -0.00568. The number of hydrogen-bond acceptors (Lipinski definition) is 3. The van der Waals surface area contributed by atoms with E-state index in [4.69, 9.17) is 4.74 Å². The molecule has 0 unspecified atom stereocenters. The molecule has 0 spiro atoms. The Morgan fingerprint density at radius 1 is 0.913 bits per heavy atom. The SMILES string of the molecule is CC(=O)Oc1ccc(C)c(C)c1-c1c([O-])ccc(C)c1C.[Cl-].[Mg+2]. The van der Waals surface area contributed by atoms with Crippen molar-refractivity contribution in [2.24, 2.45) is 0 Å². The third kappa shape index (κ3) is 4.40. The van der Waals surface area contributed by atoms with E-state index in [9.17, 15) is 9.90 Å². The van der Waals surface area contributed by atoms with E-state index in [0.717, 1.165) is 27.8 Å². The molecule has 0 heterocycles. The number of carbonyl (C=O) groups is 1. The number of halogens is 1. The summed E-state index contributed by atoms with van der Waals surface area (Å²) < 4.78 is 5.31. The largest absolute Gasteiger partial charge is 2.00 e. The molecule has 3 nitrogen and oxygen atoms in total. The number of benzene rings is 2. The van der Waals surface area contributed by atoms with Crippen molar-refractivity contribution < 1.29 is 27.0 Å². The Labute approximate surface area is 159 Å². The zero-order valence-electron chi connectivity index (χ0n) is 14.1. The average molecular weight is 343 g/mol. The summed E-state index contributed by atoms with van der Waals surface area (Å²) in [4.78, 5) is 11.3. The Balaban J connectivity index is 0.00000242. The minimum Gasteiger partial charge on any atom is -1.00 e. The van der Waals surface area contributed by atoms with Crippen molar-refractivity contribution in [2.75, 3.05) is 0 Å². The van der Waals surface area contributed by atoms with Gasteiger partial charge in [0.2, 0.25) is 0 Å². The summed E-state index contributed by atoms with van der Waals surface area (Å²) >= 11 is 0. The van der Waals surface area contributed by atoms with E-state index in [-0.39, 0.29) is 41.2 Å². The third-order valence-electron chi connectivity index (χ3n) is 3.90. The van der Waals surface area contributed by atoms with Crippen molar-refractivity contribution in [3.8, 4) is 22.6 Å². The molecular weight excluding hydrogens is 324 g/mol. The topological polar surface area (TPSA) is 49.4 Å². The Kier molecular flexibility index (Phi) is 8.11. The molecule has 2 aromatic rings. The summed E-state index contributed by atoms with van der Waals surface area (Å²) in [5, 5.41) is 12.4. The van der Waals surface area contributed by atoms with Gasteiger partial charge in [0.05, 0.1) is 0 Å². The van der Waals surface area contributed by atoms with Crippen LogP contribution < -0.4 is 22.3 Å². The van der Waals surface area contributed by atoms with E-state index in [0.29, 0.717) is 11.3 Å². The number of aryl methyl sites for hydroxylation is 2. The molecule has 23 heavy (non-hydrogen) atoms. The Bertz CT molecular complexity index is 727. The molecule has 2 aromatic carbocycles. The van der Waals surface area contributed by atoms with Crippen molar-refractivity contribution in [3.05, 3.63) is 46.5 Å². The second-order valence-corrected chi connectivity index (χ2v) is 5.35. The van der Waals surface area contributed by atoms with E-state index in [1.807, 2.05) is 39.8 Å². The average Bonchev–Trinajstić information content (AvgIpc) is 2.41. The summed E-state index contributed by atoms with van der Waals surface area (Å²) in [6.07, 6.45) is 0. The molecule has 2 rings (SSSR count). The molecule has 0 saturated carbocycles. The van der Waals surface area contributed by atoms with Crippen LogP contribution in [0.4, 0.5) is 0 Å². The fourth-order valence-electron chi connectivity index (χ4n) is 2.44. The molecule has 0 radical (unpaired) electrons. The van der Waals surface area contributed by atoms with Gasteiger partial charge in [-0.25, -0.2) is 0 Å². The van der Waals surface area contributed by atoms with E-state index in [1.54, 1.807) is 12.1 Å². The first-order valence-electron chi connectivity index (χ1n) is 6.89. The maximum atomic E-state index is 12.4. The number of esters is 1. The van der Waals surface area contributed by atoms with Crippen LogP contribution in [0.1, 0.15) is 29.2 Å². The first kappa shape index (κ1) is 21.8. The minimum atomic E-state index is -0.391. The molecule has 0 aromatic heterocycles. The molecule has 0 amide bonds. The number of hydrogen-bond donors (Lipinski definition) is 0. The molecule has 0 bridgehead atoms. The van der Waals surface area contributed by atoms with Gasteiger partial charge in [-0.1, -0.05) is 18.2 Å². The van der Waals surface area contributed by atoms with Crippen LogP contribution in [0.2, 0.25) is 0 Å². The normalized spacial score (nSPS) is 9.61. The van der Waals surface area contributed by atoms with Gasteiger partial charge in [-0.05, 0) is 61.6 Å². The van der Waals surface area contributed by atoms with Gasteiger partial charge >= 0.3 is 29.0 Å². The monoisotopic (exact) mass is 342 g/mol. The van der Waals surface area contributed by atoms with E-state index in [2.05, 4.69) is 0 Å². The summed E-state index contributed by atoms with van der Waals surface area (Å²) in [6, 6.07) is 7.03. The van der Waals surface area contributed by atoms with Gasteiger partial charge < -0.3 is 22.3 Å². The predicted octanol–water partition coefficient (Wildman–Crippen LogP) is 0.209. The fourth-order valence-corrected chi connectivity index (χ4v) is 2.44. The van der Waals surface area contributed by atoms with Gasteiger partial charge in [0.25, 0.3) is 0 Å². The van der Waals surface area contributed by atoms with E-state index >= 15 is 0 Å². The Morgan fingerprint density at radius 2 is 1.39 bits per heavy atom. The fraction of sp³-hybridized carbons (Fsp3) is 0.278. The van der Waals surface area contributed by atoms with Gasteiger partial charge in [0.15, 0.2) is 0 Å². The molecule has 0 atom stereocenters. The summed E-state index contributed by atoms with van der Waals surface area (Å²) in [5.41, 5.74) is 5.31. The van der Waals surface area contributed by atoms with Crippen LogP contribution in [0.15, 0.2) is 24.3 Å². The van der Waals surface area contributed by atoms with E-state index in [1.165, 1.54) is 6.92 Å². The van der Waals surface area contributed by atoms with Crippen LogP contribution in [-0.2, 0) is 4.79 Å². The molecule has 0 aliphatic carbocycles. The second-order valence-electron chi connectivity index (χ2n) is 5.35. The minimum absolute atomic E-state index is 0. The maximum absolute atomic E-state index is 12.4. The van der Waals surface area contributed by atoms with Gasteiger partial charge in [0.1, 0.15) is 5.75 Å². The van der Waals surface area contributed by atoms with Gasteiger partial charge in [-0.2, -0.15) is 0 Å². The van der Waals surface area contributed by atoms with Crippen molar-refractivity contribution in [1.82, 2.24) is 0 Å². The molecule has 0 saturated heterocycles. The number of rotatable bonds is 2. The van der Waals surface area contributed by atoms with Crippen molar-refractivity contribution >= 4 is 29.0 Å². The van der Waals surface area contributed by atoms with E-state index < -0.39 is 5.97 Å². The second kappa shape index (κ2) is 8.57. The van der Waals surface area contributed by atoms with Crippen molar-refractivity contribution in [1.29, 1.82) is 0 Å². The zero-order chi connectivity index (χ0) is 15.7. The van der Waals surface area contributed by atoms with Crippen molar-refractivity contribution in [3.63, 3.8) is 0 Å².